The van der Waals surface area contributed by atoms with Crippen molar-refractivity contribution in [1.82, 2.24) is 4.90 Å². The van der Waals surface area contributed by atoms with Gasteiger partial charge in [0.05, 0.1) is 18.7 Å². The van der Waals surface area contributed by atoms with Crippen molar-refractivity contribution in [3.63, 3.8) is 0 Å². The van der Waals surface area contributed by atoms with E-state index in [-0.39, 0.29) is 11.9 Å². The largest absolute Gasteiger partial charge is 0.383 e. The molecule has 1 amide bonds. The van der Waals surface area contributed by atoms with Gasteiger partial charge in [0, 0.05) is 13.7 Å². The maximum atomic E-state index is 12.3. The van der Waals surface area contributed by atoms with Gasteiger partial charge in [0.1, 0.15) is 0 Å². The van der Waals surface area contributed by atoms with Gasteiger partial charge in [-0.25, -0.2) is 0 Å². The van der Waals surface area contributed by atoms with Crippen LogP contribution in [-0.2, 0) is 16.0 Å². The van der Waals surface area contributed by atoms with Crippen LogP contribution >= 0.6 is 0 Å². The molecule has 2 unspecified atom stereocenters. The molecular weight excluding hydrogens is 240 g/mol. The summed E-state index contributed by atoms with van der Waals surface area (Å²) in [6.07, 6.45) is 0.565. The lowest BCUT2D eigenvalue weighted by Crippen LogP contribution is -2.49. The highest BCUT2D eigenvalue weighted by atomic mass is 16.5. The molecular formula is C15H24N2O2. The van der Waals surface area contributed by atoms with E-state index in [1.54, 1.807) is 12.0 Å². The van der Waals surface area contributed by atoms with E-state index in [0.29, 0.717) is 19.6 Å². The lowest BCUT2D eigenvalue weighted by Gasteiger charge is -2.30. The minimum absolute atomic E-state index is 0.0177. The lowest BCUT2D eigenvalue weighted by molar-refractivity contribution is -0.135. The fraction of sp³-hybridized carbons (Fsp3) is 0.533. The zero-order valence-corrected chi connectivity index (χ0v) is 12.0. The minimum atomic E-state index is -0.498. The maximum Gasteiger partial charge on any atom is 0.240 e. The van der Waals surface area contributed by atoms with Crippen LogP contribution in [0, 0.1) is 0 Å². The van der Waals surface area contributed by atoms with Crippen LogP contribution in [0.25, 0.3) is 0 Å². The molecule has 0 saturated carbocycles. The second kappa shape index (κ2) is 7.92. The van der Waals surface area contributed by atoms with Gasteiger partial charge in [0.15, 0.2) is 0 Å². The third kappa shape index (κ3) is 4.65. The number of likely N-dealkylation sites (N-methyl/N-ethyl adjacent to an activating group) is 1. The zero-order valence-electron chi connectivity index (χ0n) is 12.0. The zero-order chi connectivity index (χ0) is 14.3. The van der Waals surface area contributed by atoms with Gasteiger partial charge in [0.2, 0.25) is 5.91 Å². The topological polar surface area (TPSA) is 55.6 Å². The predicted octanol–water partition coefficient (Wildman–Crippen LogP) is 1.44. The van der Waals surface area contributed by atoms with Gasteiger partial charge in [-0.3, -0.25) is 4.79 Å². The molecule has 0 radical (unpaired) electrons. The highest BCUT2D eigenvalue weighted by Crippen LogP contribution is 2.07. The molecule has 0 bridgehead atoms. The van der Waals surface area contributed by atoms with Crippen LogP contribution in [0.3, 0.4) is 0 Å². The number of carbonyl (C=O) groups excluding carboxylic acids is 1. The van der Waals surface area contributed by atoms with E-state index in [0.717, 1.165) is 5.56 Å². The van der Waals surface area contributed by atoms with E-state index in [2.05, 4.69) is 0 Å². The van der Waals surface area contributed by atoms with Gasteiger partial charge < -0.3 is 15.4 Å². The number of hydrogen-bond acceptors (Lipinski definition) is 3. The van der Waals surface area contributed by atoms with E-state index in [4.69, 9.17) is 10.5 Å². The van der Waals surface area contributed by atoms with Crippen molar-refractivity contribution < 1.29 is 9.53 Å². The Morgan fingerprint density at radius 2 is 2.00 bits per heavy atom. The molecule has 0 aliphatic heterocycles. The normalized spacial score (nSPS) is 13.9. The summed E-state index contributed by atoms with van der Waals surface area (Å²) in [7, 11) is 1.64. The van der Waals surface area contributed by atoms with Gasteiger partial charge in [-0.2, -0.15) is 0 Å². The van der Waals surface area contributed by atoms with Gasteiger partial charge in [0.25, 0.3) is 0 Å². The molecule has 0 spiro atoms. The van der Waals surface area contributed by atoms with Crippen LogP contribution in [0.1, 0.15) is 19.4 Å². The van der Waals surface area contributed by atoms with Gasteiger partial charge in [-0.15, -0.1) is 0 Å². The maximum absolute atomic E-state index is 12.3. The number of rotatable bonds is 7. The van der Waals surface area contributed by atoms with Gasteiger partial charge in [-0.1, -0.05) is 30.3 Å². The molecule has 0 saturated heterocycles. The molecule has 4 heteroatoms. The smallest absolute Gasteiger partial charge is 0.240 e. The highest BCUT2D eigenvalue weighted by molar-refractivity contribution is 5.82. The first-order valence-corrected chi connectivity index (χ1v) is 6.69. The van der Waals surface area contributed by atoms with E-state index in [9.17, 15) is 4.79 Å². The van der Waals surface area contributed by atoms with Crippen molar-refractivity contribution in [2.75, 3.05) is 20.3 Å². The Labute approximate surface area is 115 Å². The third-order valence-corrected chi connectivity index (χ3v) is 3.18. The van der Waals surface area contributed by atoms with E-state index in [1.807, 2.05) is 44.2 Å². The molecule has 19 heavy (non-hydrogen) atoms. The Kier molecular flexibility index (Phi) is 6.53. The quantitative estimate of drug-likeness (QED) is 0.810. The number of ether oxygens (including phenoxy) is 1. The molecule has 4 nitrogen and oxygen atoms in total. The van der Waals surface area contributed by atoms with Gasteiger partial charge in [-0.05, 0) is 25.8 Å². The van der Waals surface area contributed by atoms with Gasteiger partial charge >= 0.3 is 0 Å². The monoisotopic (exact) mass is 264 g/mol. The first-order chi connectivity index (χ1) is 9.10. The standard InChI is InChI=1S/C15H24N2O2/c1-4-17(12(2)11-19-3)15(18)14(16)10-13-8-6-5-7-9-13/h5-9,12,14H,4,10-11,16H2,1-3H3. The van der Waals surface area contributed by atoms with Crippen LogP contribution in [0.4, 0.5) is 0 Å². The van der Waals surface area contributed by atoms with Crippen LogP contribution in [0.2, 0.25) is 0 Å². The second-order valence-electron chi connectivity index (χ2n) is 4.72. The third-order valence-electron chi connectivity index (χ3n) is 3.18. The molecule has 0 aliphatic carbocycles. The van der Waals surface area contributed by atoms with Crippen LogP contribution in [0.15, 0.2) is 30.3 Å². The molecule has 0 fully saturated rings. The van der Waals surface area contributed by atoms with Crippen molar-refractivity contribution in [3.05, 3.63) is 35.9 Å². The molecule has 0 heterocycles. The summed E-state index contributed by atoms with van der Waals surface area (Å²) in [6, 6.07) is 9.39. The molecule has 0 aromatic heterocycles. The van der Waals surface area contributed by atoms with Crippen molar-refractivity contribution in [3.8, 4) is 0 Å². The fourth-order valence-electron chi connectivity index (χ4n) is 2.18. The summed E-state index contributed by atoms with van der Waals surface area (Å²) in [4.78, 5) is 14.1. The summed E-state index contributed by atoms with van der Waals surface area (Å²) in [5.74, 6) is -0.0177. The van der Waals surface area contributed by atoms with E-state index in [1.165, 1.54) is 0 Å². The molecule has 1 aromatic rings. The van der Waals surface area contributed by atoms with Crippen molar-refractivity contribution in [1.29, 1.82) is 0 Å². The number of benzene rings is 1. The second-order valence-corrected chi connectivity index (χ2v) is 4.72. The summed E-state index contributed by atoms with van der Waals surface area (Å²) in [5, 5.41) is 0. The molecule has 1 rings (SSSR count). The number of nitrogens with zero attached hydrogens (tertiary/aromatic N) is 1. The first-order valence-electron chi connectivity index (χ1n) is 6.69. The Bertz CT molecular complexity index is 381. The molecule has 2 atom stereocenters. The van der Waals surface area contributed by atoms with Crippen molar-refractivity contribution in [2.24, 2.45) is 5.73 Å². The molecule has 1 aromatic carbocycles. The summed E-state index contributed by atoms with van der Waals surface area (Å²) >= 11 is 0. The molecule has 0 aliphatic rings. The number of methoxy groups -OCH3 is 1. The summed E-state index contributed by atoms with van der Waals surface area (Å²) in [5.41, 5.74) is 7.11. The summed E-state index contributed by atoms with van der Waals surface area (Å²) in [6.45, 7) is 5.10. The predicted molar refractivity (Wildman–Crippen MR) is 76.8 cm³/mol. The lowest BCUT2D eigenvalue weighted by atomic mass is 10.1. The minimum Gasteiger partial charge on any atom is -0.383 e. The average molecular weight is 264 g/mol. The first kappa shape index (κ1) is 15.7. The number of hydrogen-bond donors (Lipinski definition) is 1. The Hall–Kier alpha value is -1.39. The number of amides is 1. The molecule has 106 valence electrons. The average Bonchev–Trinajstić information content (AvgIpc) is 2.40. The molecule has 2 N–H and O–H groups in total. The summed E-state index contributed by atoms with van der Waals surface area (Å²) < 4.78 is 5.10. The van der Waals surface area contributed by atoms with E-state index >= 15 is 0 Å². The van der Waals surface area contributed by atoms with E-state index < -0.39 is 6.04 Å². The number of nitrogens with two attached hydrogens (primary N) is 1. The Morgan fingerprint density at radius 1 is 1.37 bits per heavy atom. The SMILES string of the molecule is CCN(C(=O)C(N)Cc1ccccc1)C(C)COC. The number of carbonyl (C=O) groups is 1. The van der Waals surface area contributed by atoms with Crippen LogP contribution in [0.5, 0.6) is 0 Å². The van der Waals surface area contributed by atoms with Crippen molar-refractivity contribution >= 4 is 5.91 Å². The Morgan fingerprint density at radius 3 is 2.53 bits per heavy atom. The van der Waals surface area contributed by atoms with Crippen molar-refractivity contribution in [2.45, 2.75) is 32.4 Å². The Balaban J connectivity index is 2.64. The van der Waals surface area contributed by atoms with Crippen LogP contribution in [-0.4, -0.2) is 43.2 Å². The van der Waals surface area contributed by atoms with Crippen LogP contribution < -0.4 is 5.73 Å². The fourth-order valence-corrected chi connectivity index (χ4v) is 2.18. The highest BCUT2D eigenvalue weighted by Gasteiger charge is 2.24.